The van der Waals surface area contributed by atoms with E-state index in [1.54, 1.807) is 27.8 Å². The molecule has 1 N–H and O–H groups in total. The lowest BCUT2D eigenvalue weighted by Gasteiger charge is -2.32. The first-order valence-corrected chi connectivity index (χ1v) is 11.3. The third kappa shape index (κ3) is 4.64. The van der Waals surface area contributed by atoms with Crippen LogP contribution in [0.1, 0.15) is 23.3 Å². The van der Waals surface area contributed by atoms with E-state index in [0.717, 1.165) is 18.5 Å². The van der Waals surface area contributed by atoms with Gasteiger partial charge in [-0.2, -0.15) is 0 Å². The Balaban J connectivity index is 1.53. The fraction of sp³-hybridized carbons (Fsp3) is 0.261. The van der Waals surface area contributed by atoms with Crippen molar-refractivity contribution in [1.82, 2.24) is 14.5 Å². The Morgan fingerprint density at radius 2 is 1.87 bits per heavy atom. The molecule has 0 radical (unpaired) electrons. The van der Waals surface area contributed by atoms with E-state index >= 15 is 0 Å². The minimum atomic E-state index is -0.342. The van der Waals surface area contributed by atoms with Crippen LogP contribution in [0.15, 0.2) is 66.0 Å². The van der Waals surface area contributed by atoms with Gasteiger partial charge in [0.2, 0.25) is 5.91 Å². The first kappa shape index (κ1) is 21.1. The minimum absolute atomic E-state index is 0.0828. The van der Waals surface area contributed by atoms with Gasteiger partial charge in [0.05, 0.1) is 12.1 Å². The van der Waals surface area contributed by atoms with E-state index in [1.165, 1.54) is 23.9 Å². The molecule has 2 aromatic carbocycles. The molecule has 2 amide bonds. The van der Waals surface area contributed by atoms with Gasteiger partial charge in [-0.3, -0.25) is 14.2 Å². The number of para-hydroxylation sites is 1. The topological polar surface area (TPSA) is 67.2 Å². The van der Waals surface area contributed by atoms with E-state index in [1.807, 2.05) is 36.6 Å². The molecule has 6 nitrogen and oxygen atoms in total. The fourth-order valence-electron chi connectivity index (χ4n) is 3.77. The van der Waals surface area contributed by atoms with Crippen molar-refractivity contribution in [3.63, 3.8) is 0 Å². The molecule has 1 atom stereocenters. The van der Waals surface area contributed by atoms with E-state index in [0.29, 0.717) is 29.6 Å². The van der Waals surface area contributed by atoms with E-state index in [9.17, 15) is 14.0 Å². The number of carbonyl (C=O) groups is 2. The van der Waals surface area contributed by atoms with Crippen molar-refractivity contribution in [3.05, 3.63) is 72.3 Å². The van der Waals surface area contributed by atoms with Crippen molar-refractivity contribution in [3.8, 4) is 5.69 Å². The molecule has 1 aliphatic rings. The molecule has 1 fully saturated rings. The molecule has 0 bridgehead atoms. The number of thioether (sulfide) groups is 1. The monoisotopic (exact) mass is 438 g/mol. The molecular weight excluding hydrogens is 415 g/mol. The number of nitrogens with one attached hydrogen (secondary N) is 1. The summed E-state index contributed by atoms with van der Waals surface area (Å²) in [6.07, 6.45) is 4.90. The zero-order valence-electron chi connectivity index (χ0n) is 17.1. The Morgan fingerprint density at radius 1 is 1.13 bits per heavy atom. The number of benzene rings is 2. The predicted molar refractivity (Wildman–Crippen MR) is 119 cm³/mol. The molecule has 4 rings (SSSR count). The maximum Gasteiger partial charge on any atom is 0.272 e. The number of imidazole rings is 1. The van der Waals surface area contributed by atoms with Crippen molar-refractivity contribution in [2.24, 2.45) is 5.92 Å². The third-order valence-electron chi connectivity index (χ3n) is 5.34. The Kier molecular flexibility index (Phi) is 6.36. The van der Waals surface area contributed by atoms with Crippen LogP contribution in [0.2, 0.25) is 0 Å². The van der Waals surface area contributed by atoms with Crippen molar-refractivity contribution in [2.45, 2.75) is 18.0 Å². The van der Waals surface area contributed by atoms with Gasteiger partial charge < -0.3 is 10.2 Å². The summed E-state index contributed by atoms with van der Waals surface area (Å²) in [5, 5.41) is 3.58. The standard InChI is InChI=1S/C23H23FN4O2S/c1-31-23-25-14-20(28(23)19-11-9-17(24)10-12-19)22(30)27-13-5-6-16(15-27)21(29)26-18-7-3-2-4-8-18/h2-4,7-12,14,16H,5-6,13,15H2,1H3,(H,26,29). The first-order valence-electron chi connectivity index (χ1n) is 10.1. The summed E-state index contributed by atoms with van der Waals surface area (Å²) in [6, 6.07) is 15.3. The number of rotatable bonds is 5. The lowest BCUT2D eigenvalue weighted by molar-refractivity contribution is -0.121. The number of piperidine rings is 1. The van der Waals surface area contributed by atoms with Crippen LogP contribution in [-0.2, 0) is 4.79 Å². The van der Waals surface area contributed by atoms with Crippen molar-refractivity contribution in [2.75, 3.05) is 24.7 Å². The Labute approximate surface area is 184 Å². The molecular formula is C23H23FN4O2S. The van der Waals surface area contributed by atoms with E-state index in [4.69, 9.17) is 0 Å². The van der Waals surface area contributed by atoms with E-state index in [-0.39, 0.29) is 23.5 Å². The van der Waals surface area contributed by atoms with Crippen LogP contribution in [0.4, 0.5) is 10.1 Å². The quantitative estimate of drug-likeness (QED) is 0.606. The summed E-state index contributed by atoms with van der Waals surface area (Å²) in [5.41, 5.74) is 1.82. The number of amides is 2. The number of aromatic nitrogens is 2. The second-order valence-corrected chi connectivity index (χ2v) is 8.16. The average molecular weight is 439 g/mol. The van der Waals surface area contributed by atoms with E-state index < -0.39 is 0 Å². The Hall–Kier alpha value is -3.13. The number of hydrogen-bond acceptors (Lipinski definition) is 4. The van der Waals surface area contributed by atoms with Crippen LogP contribution in [0.3, 0.4) is 0 Å². The summed E-state index contributed by atoms with van der Waals surface area (Å²) < 4.78 is 15.1. The zero-order chi connectivity index (χ0) is 21.8. The smallest absolute Gasteiger partial charge is 0.272 e. The average Bonchev–Trinajstić information content (AvgIpc) is 3.24. The van der Waals surface area contributed by atoms with Crippen LogP contribution in [0.25, 0.3) is 5.69 Å². The number of nitrogens with zero attached hydrogens (tertiary/aromatic N) is 3. The fourth-order valence-corrected chi connectivity index (χ4v) is 4.32. The minimum Gasteiger partial charge on any atom is -0.337 e. The third-order valence-corrected chi connectivity index (χ3v) is 5.99. The number of anilines is 1. The predicted octanol–water partition coefficient (Wildman–Crippen LogP) is 4.22. The Bertz CT molecular complexity index is 1070. The summed E-state index contributed by atoms with van der Waals surface area (Å²) >= 11 is 1.41. The lowest BCUT2D eigenvalue weighted by atomic mass is 9.96. The van der Waals surface area contributed by atoms with Crippen LogP contribution in [0, 0.1) is 11.7 Å². The molecule has 0 aliphatic carbocycles. The van der Waals surface area contributed by atoms with Crippen molar-refractivity contribution >= 4 is 29.3 Å². The van der Waals surface area contributed by atoms with Gasteiger partial charge in [0.1, 0.15) is 11.5 Å². The molecule has 2 heterocycles. The summed E-state index contributed by atoms with van der Waals surface area (Å²) in [6.45, 7) is 0.928. The molecule has 1 aromatic heterocycles. The first-order chi connectivity index (χ1) is 15.1. The van der Waals surface area contributed by atoms with Crippen LogP contribution in [0.5, 0.6) is 0 Å². The second kappa shape index (κ2) is 9.34. The van der Waals surface area contributed by atoms with Gasteiger partial charge >= 0.3 is 0 Å². The number of halogens is 1. The van der Waals surface area contributed by atoms with Crippen LogP contribution in [-0.4, -0.2) is 45.6 Å². The highest BCUT2D eigenvalue weighted by Gasteiger charge is 2.31. The van der Waals surface area contributed by atoms with Gasteiger partial charge in [-0.05, 0) is 55.5 Å². The molecule has 1 aliphatic heterocycles. The highest BCUT2D eigenvalue weighted by atomic mass is 32.2. The number of hydrogen-bond donors (Lipinski definition) is 1. The highest BCUT2D eigenvalue weighted by Crippen LogP contribution is 2.25. The molecule has 0 spiro atoms. The second-order valence-electron chi connectivity index (χ2n) is 7.39. The van der Waals surface area contributed by atoms with E-state index in [2.05, 4.69) is 10.3 Å². The van der Waals surface area contributed by atoms with Gasteiger partial charge in [0, 0.05) is 24.5 Å². The summed E-state index contributed by atoms with van der Waals surface area (Å²) in [7, 11) is 0. The molecule has 1 unspecified atom stereocenters. The van der Waals surface area contributed by atoms with Crippen molar-refractivity contribution in [1.29, 1.82) is 0 Å². The SMILES string of the molecule is CSc1ncc(C(=O)N2CCCC(C(=O)Nc3ccccc3)C2)n1-c1ccc(F)cc1. The molecule has 31 heavy (non-hydrogen) atoms. The molecule has 3 aromatic rings. The van der Waals surface area contributed by atoms with Crippen LogP contribution < -0.4 is 5.32 Å². The molecule has 1 saturated heterocycles. The lowest BCUT2D eigenvalue weighted by Crippen LogP contribution is -2.44. The highest BCUT2D eigenvalue weighted by molar-refractivity contribution is 7.98. The summed E-state index contributed by atoms with van der Waals surface area (Å²) in [5.74, 6) is -0.888. The number of likely N-dealkylation sites (tertiary alicyclic amines) is 1. The maximum absolute atomic E-state index is 13.4. The van der Waals surface area contributed by atoms with Crippen molar-refractivity contribution < 1.29 is 14.0 Å². The normalized spacial score (nSPS) is 16.2. The maximum atomic E-state index is 13.4. The van der Waals surface area contributed by atoms with Gasteiger partial charge in [0.25, 0.3) is 5.91 Å². The van der Waals surface area contributed by atoms with Gasteiger partial charge in [-0.1, -0.05) is 30.0 Å². The number of carbonyl (C=O) groups excluding carboxylic acids is 2. The van der Waals surface area contributed by atoms with Gasteiger partial charge in [-0.15, -0.1) is 0 Å². The molecule has 160 valence electrons. The van der Waals surface area contributed by atoms with Gasteiger partial charge in [0.15, 0.2) is 5.16 Å². The molecule has 0 saturated carbocycles. The molecule has 8 heteroatoms. The summed E-state index contributed by atoms with van der Waals surface area (Å²) in [4.78, 5) is 32.2. The Morgan fingerprint density at radius 3 is 2.58 bits per heavy atom. The van der Waals surface area contributed by atoms with Gasteiger partial charge in [-0.25, -0.2) is 9.37 Å². The largest absolute Gasteiger partial charge is 0.337 e. The van der Waals surface area contributed by atoms with Crippen LogP contribution >= 0.6 is 11.8 Å². The zero-order valence-corrected chi connectivity index (χ0v) is 17.9.